The highest BCUT2D eigenvalue weighted by Crippen LogP contribution is 2.31. The molecule has 0 unspecified atom stereocenters. The lowest BCUT2D eigenvalue weighted by Gasteiger charge is -2.08. The molecule has 0 aliphatic heterocycles. The second-order valence-electron chi connectivity index (χ2n) is 5.46. The minimum Gasteiger partial charge on any atom is -0.305 e. The Labute approximate surface area is 131 Å². The molecule has 2 nitrogen and oxygen atoms in total. The molecule has 2 aromatic carbocycles. The number of aryl methyl sites for hydroxylation is 1. The van der Waals surface area contributed by atoms with Crippen molar-refractivity contribution >= 4 is 22.4 Å². The van der Waals surface area contributed by atoms with Crippen LogP contribution in [0, 0.1) is 6.92 Å². The third-order valence-corrected chi connectivity index (χ3v) is 3.66. The molecule has 0 saturated carbocycles. The molecule has 5 heteroatoms. The van der Waals surface area contributed by atoms with Crippen molar-refractivity contribution < 1.29 is 13.2 Å². The Morgan fingerprint density at radius 2 is 1.83 bits per heavy atom. The van der Waals surface area contributed by atoms with E-state index in [1.807, 2.05) is 35.9 Å². The molecule has 118 valence electrons. The summed E-state index contributed by atoms with van der Waals surface area (Å²) in [7, 11) is 0. The molecule has 0 aliphatic carbocycles. The molecule has 0 fully saturated rings. The Balaban J connectivity index is 2.02. The lowest BCUT2D eigenvalue weighted by molar-refractivity contribution is -0.137. The van der Waals surface area contributed by atoms with Crippen LogP contribution in [0.3, 0.4) is 0 Å². The van der Waals surface area contributed by atoms with Gasteiger partial charge in [-0.15, -0.1) is 0 Å². The van der Waals surface area contributed by atoms with Gasteiger partial charge in [0.25, 0.3) is 0 Å². The van der Waals surface area contributed by atoms with Gasteiger partial charge in [-0.05, 0) is 50.2 Å². The van der Waals surface area contributed by atoms with Gasteiger partial charge in [-0.3, -0.25) is 0 Å². The summed E-state index contributed by atoms with van der Waals surface area (Å²) in [6.45, 7) is 3.79. The monoisotopic (exact) mass is 316 g/mol. The van der Waals surface area contributed by atoms with Gasteiger partial charge in [-0.1, -0.05) is 17.7 Å². The van der Waals surface area contributed by atoms with Gasteiger partial charge in [0, 0.05) is 11.6 Å². The first-order valence-electron chi connectivity index (χ1n) is 7.15. The van der Waals surface area contributed by atoms with E-state index in [2.05, 4.69) is 11.1 Å². The van der Waals surface area contributed by atoms with Crippen molar-refractivity contribution in [1.82, 2.24) is 4.57 Å². The predicted octanol–water partition coefficient (Wildman–Crippen LogP) is 5.57. The molecule has 1 heterocycles. The maximum atomic E-state index is 12.8. The zero-order valence-electron chi connectivity index (χ0n) is 12.7. The Morgan fingerprint density at radius 3 is 2.57 bits per heavy atom. The average molecular weight is 316 g/mol. The van der Waals surface area contributed by atoms with E-state index in [-0.39, 0.29) is 5.69 Å². The van der Waals surface area contributed by atoms with E-state index >= 15 is 0 Å². The summed E-state index contributed by atoms with van der Waals surface area (Å²) >= 11 is 0. The third-order valence-electron chi connectivity index (χ3n) is 3.66. The van der Waals surface area contributed by atoms with Crippen molar-refractivity contribution in [2.75, 3.05) is 0 Å². The average Bonchev–Trinajstić information content (AvgIpc) is 2.89. The molecule has 0 atom stereocenters. The minimum atomic E-state index is -4.36. The zero-order chi connectivity index (χ0) is 16.6. The molecule has 0 amide bonds. The van der Waals surface area contributed by atoms with Crippen LogP contribution in [0.1, 0.15) is 18.1 Å². The minimum absolute atomic E-state index is 0.284. The molecule has 3 aromatic rings. The number of rotatable bonds is 1. The van der Waals surface area contributed by atoms with Gasteiger partial charge in [0.05, 0.1) is 16.8 Å². The highest BCUT2D eigenvalue weighted by atomic mass is 19.4. The number of aromatic nitrogens is 1. The van der Waals surface area contributed by atoms with Gasteiger partial charge < -0.3 is 4.57 Å². The van der Waals surface area contributed by atoms with Crippen molar-refractivity contribution in [3.8, 4) is 0 Å². The van der Waals surface area contributed by atoms with E-state index in [1.54, 1.807) is 13.0 Å². The van der Waals surface area contributed by atoms with E-state index in [9.17, 15) is 13.2 Å². The second kappa shape index (κ2) is 5.57. The van der Waals surface area contributed by atoms with Crippen LogP contribution in [0.25, 0.3) is 10.9 Å². The Morgan fingerprint density at radius 1 is 1.04 bits per heavy atom. The molecule has 1 aromatic heterocycles. The summed E-state index contributed by atoms with van der Waals surface area (Å²) in [4.78, 5) is 4.33. The maximum absolute atomic E-state index is 12.8. The van der Waals surface area contributed by atoms with Crippen molar-refractivity contribution in [3.63, 3.8) is 0 Å². The van der Waals surface area contributed by atoms with Crippen LogP contribution in [-0.2, 0) is 6.18 Å². The Kier molecular flexibility index (Phi) is 3.72. The van der Waals surface area contributed by atoms with Crippen LogP contribution < -0.4 is 0 Å². The molecule has 0 spiro atoms. The van der Waals surface area contributed by atoms with E-state index < -0.39 is 11.7 Å². The van der Waals surface area contributed by atoms with Crippen LogP contribution in [-0.4, -0.2) is 10.4 Å². The van der Waals surface area contributed by atoms with Crippen molar-refractivity contribution in [1.29, 1.82) is 0 Å². The molecular formula is C18H15F3N2. The number of hydrogen-bond acceptors (Lipinski definition) is 1. The molecular weight excluding hydrogens is 301 g/mol. The largest absolute Gasteiger partial charge is 0.416 e. The molecule has 0 saturated heterocycles. The van der Waals surface area contributed by atoms with Crippen molar-refractivity contribution in [3.05, 3.63) is 65.9 Å². The lowest BCUT2D eigenvalue weighted by atomic mass is 10.2. The maximum Gasteiger partial charge on any atom is 0.416 e. The van der Waals surface area contributed by atoms with Gasteiger partial charge in [0.2, 0.25) is 0 Å². The van der Waals surface area contributed by atoms with Crippen LogP contribution in [0.5, 0.6) is 0 Å². The number of fused-ring (bicyclic) bond motifs is 1. The summed E-state index contributed by atoms with van der Waals surface area (Å²) in [5.41, 5.74) is 1.72. The SMILES string of the molecule is CC(=Nc1cccc(C(F)(F)F)c1)n1ccc2cc(C)ccc21. The van der Waals surface area contributed by atoms with E-state index in [0.29, 0.717) is 5.84 Å². The van der Waals surface area contributed by atoms with Gasteiger partial charge in [-0.25, -0.2) is 4.99 Å². The third kappa shape index (κ3) is 3.13. The van der Waals surface area contributed by atoms with Gasteiger partial charge in [0.15, 0.2) is 0 Å². The highest BCUT2D eigenvalue weighted by Gasteiger charge is 2.30. The van der Waals surface area contributed by atoms with Crippen molar-refractivity contribution in [2.24, 2.45) is 4.99 Å². The Bertz CT molecular complexity index is 889. The Hall–Kier alpha value is -2.56. The number of alkyl halides is 3. The fourth-order valence-electron chi connectivity index (χ4n) is 2.54. The first kappa shape index (κ1) is 15.3. The van der Waals surface area contributed by atoms with Crippen LogP contribution in [0.2, 0.25) is 0 Å². The fraction of sp³-hybridized carbons (Fsp3) is 0.167. The molecule has 0 aliphatic rings. The second-order valence-corrected chi connectivity index (χ2v) is 5.46. The van der Waals surface area contributed by atoms with E-state index in [0.717, 1.165) is 28.6 Å². The van der Waals surface area contributed by atoms with E-state index in [1.165, 1.54) is 6.07 Å². The first-order chi connectivity index (χ1) is 10.8. The summed E-state index contributed by atoms with van der Waals surface area (Å²) in [6.07, 6.45) is -2.49. The molecule has 3 rings (SSSR count). The molecule has 0 radical (unpaired) electrons. The molecule has 0 bridgehead atoms. The predicted molar refractivity (Wildman–Crippen MR) is 86.3 cm³/mol. The normalized spacial score (nSPS) is 12.8. The lowest BCUT2D eigenvalue weighted by Crippen LogP contribution is -2.06. The topological polar surface area (TPSA) is 17.3 Å². The highest BCUT2D eigenvalue weighted by molar-refractivity contribution is 5.95. The van der Waals surface area contributed by atoms with Crippen LogP contribution in [0.15, 0.2) is 59.7 Å². The number of aliphatic imine (C=N–C) groups is 1. The van der Waals surface area contributed by atoms with Crippen LogP contribution >= 0.6 is 0 Å². The first-order valence-corrected chi connectivity index (χ1v) is 7.15. The van der Waals surface area contributed by atoms with Crippen molar-refractivity contribution in [2.45, 2.75) is 20.0 Å². The van der Waals surface area contributed by atoms with E-state index in [4.69, 9.17) is 0 Å². The number of benzene rings is 2. The standard InChI is InChI=1S/C18H15F3N2/c1-12-6-7-17-14(10-12)8-9-23(17)13(2)22-16-5-3-4-15(11-16)18(19,20)21/h3-11H,1-2H3. The molecule has 23 heavy (non-hydrogen) atoms. The summed E-state index contributed by atoms with van der Waals surface area (Å²) < 4.78 is 40.2. The summed E-state index contributed by atoms with van der Waals surface area (Å²) in [5, 5.41) is 1.07. The van der Waals surface area contributed by atoms with Gasteiger partial charge in [-0.2, -0.15) is 13.2 Å². The van der Waals surface area contributed by atoms with Gasteiger partial charge in [0.1, 0.15) is 5.84 Å². The quantitative estimate of drug-likeness (QED) is 0.413. The summed E-state index contributed by atoms with van der Waals surface area (Å²) in [6, 6.07) is 13.0. The van der Waals surface area contributed by atoms with Gasteiger partial charge >= 0.3 is 6.18 Å². The number of nitrogens with zero attached hydrogens (tertiary/aromatic N) is 2. The number of halogens is 3. The fourth-order valence-corrected chi connectivity index (χ4v) is 2.54. The molecule has 0 N–H and O–H groups in total. The number of hydrogen-bond donors (Lipinski definition) is 0. The summed E-state index contributed by atoms with van der Waals surface area (Å²) in [5.74, 6) is 0.614. The zero-order valence-corrected chi connectivity index (χ0v) is 12.7. The van der Waals surface area contributed by atoms with Crippen LogP contribution in [0.4, 0.5) is 18.9 Å². The smallest absolute Gasteiger partial charge is 0.305 e.